The van der Waals surface area contributed by atoms with Gasteiger partial charge in [0.25, 0.3) is 5.91 Å². The molecule has 1 aromatic carbocycles. The van der Waals surface area contributed by atoms with Crippen molar-refractivity contribution in [1.82, 2.24) is 5.32 Å². The van der Waals surface area contributed by atoms with E-state index < -0.39 is 0 Å². The van der Waals surface area contributed by atoms with E-state index in [4.69, 9.17) is 16.3 Å². The second kappa shape index (κ2) is 6.72. The number of benzene rings is 1. The Balaban J connectivity index is 2.01. The SMILES string of the molecule is CC(=O)Nc1ccc(Cl)c(C(=O)NC[C@H]2CCCO2)c1. The van der Waals surface area contributed by atoms with Crippen molar-refractivity contribution in [2.24, 2.45) is 0 Å². The van der Waals surface area contributed by atoms with Crippen molar-refractivity contribution in [3.63, 3.8) is 0 Å². The van der Waals surface area contributed by atoms with E-state index in [-0.39, 0.29) is 17.9 Å². The van der Waals surface area contributed by atoms with Gasteiger partial charge in [-0.05, 0) is 31.0 Å². The Morgan fingerprint density at radius 2 is 2.25 bits per heavy atom. The third-order valence-electron chi connectivity index (χ3n) is 3.05. The Bertz CT molecular complexity index is 513. The molecule has 1 fully saturated rings. The fourth-order valence-electron chi connectivity index (χ4n) is 2.09. The van der Waals surface area contributed by atoms with E-state index in [1.165, 1.54) is 6.92 Å². The molecule has 5 nitrogen and oxygen atoms in total. The third kappa shape index (κ3) is 3.95. The zero-order valence-electron chi connectivity index (χ0n) is 11.2. The maximum absolute atomic E-state index is 12.1. The van der Waals surface area contributed by atoms with Crippen LogP contribution in [0, 0.1) is 0 Å². The van der Waals surface area contributed by atoms with Gasteiger partial charge in [0.15, 0.2) is 0 Å². The molecule has 108 valence electrons. The lowest BCUT2D eigenvalue weighted by atomic mass is 10.1. The second-order valence-corrected chi connectivity index (χ2v) is 5.13. The standard InChI is InChI=1S/C14H17ClN2O3/c1-9(18)17-10-4-5-13(15)12(7-10)14(19)16-8-11-3-2-6-20-11/h4-5,7,11H,2-3,6,8H2,1H3,(H,16,19)(H,17,18)/t11-/m1/s1. The monoisotopic (exact) mass is 296 g/mol. The molecule has 2 amide bonds. The molecule has 2 rings (SSSR count). The molecular weight excluding hydrogens is 280 g/mol. The number of hydrogen-bond acceptors (Lipinski definition) is 3. The summed E-state index contributed by atoms with van der Waals surface area (Å²) in [5.74, 6) is -0.462. The summed E-state index contributed by atoms with van der Waals surface area (Å²) < 4.78 is 5.44. The van der Waals surface area contributed by atoms with E-state index in [0.717, 1.165) is 19.4 Å². The predicted molar refractivity (Wildman–Crippen MR) is 77.1 cm³/mol. The number of carbonyl (C=O) groups excluding carboxylic acids is 2. The molecule has 1 atom stereocenters. The number of halogens is 1. The first-order chi connectivity index (χ1) is 9.56. The zero-order chi connectivity index (χ0) is 14.5. The van der Waals surface area contributed by atoms with Gasteiger partial charge >= 0.3 is 0 Å². The summed E-state index contributed by atoms with van der Waals surface area (Å²) in [4.78, 5) is 23.1. The van der Waals surface area contributed by atoms with Crippen molar-refractivity contribution in [1.29, 1.82) is 0 Å². The van der Waals surface area contributed by atoms with Crippen molar-refractivity contribution in [2.75, 3.05) is 18.5 Å². The summed E-state index contributed by atoms with van der Waals surface area (Å²) in [6.45, 7) is 2.63. The molecule has 0 aliphatic carbocycles. The minimum absolute atomic E-state index is 0.0799. The molecule has 1 heterocycles. The molecule has 1 aromatic rings. The number of amides is 2. The van der Waals surface area contributed by atoms with E-state index in [9.17, 15) is 9.59 Å². The smallest absolute Gasteiger partial charge is 0.252 e. The van der Waals surface area contributed by atoms with Gasteiger partial charge in [0.05, 0.1) is 16.7 Å². The highest BCUT2D eigenvalue weighted by atomic mass is 35.5. The summed E-state index contributed by atoms with van der Waals surface area (Å²) in [5.41, 5.74) is 0.889. The maximum atomic E-state index is 12.1. The molecule has 20 heavy (non-hydrogen) atoms. The van der Waals surface area contributed by atoms with Crippen molar-refractivity contribution in [3.05, 3.63) is 28.8 Å². The van der Waals surface area contributed by atoms with Gasteiger partial charge in [-0.2, -0.15) is 0 Å². The lowest BCUT2D eigenvalue weighted by Crippen LogP contribution is -2.32. The number of ether oxygens (including phenoxy) is 1. The van der Waals surface area contributed by atoms with Crippen LogP contribution in [0.3, 0.4) is 0 Å². The number of rotatable bonds is 4. The lowest BCUT2D eigenvalue weighted by molar-refractivity contribution is -0.114. The topological polar surface area (TPSA) is 67.4 Å². The van der Waals surface area contributed by atoms with Gasteiger partial charge in [-0.1, -0.05) is 11.6 Å². The first-order valence-corrected chi connectivity index (χ1v) is 6.91. The largest absolute Gasteiger partial charge is 0.376 e. The van der Waals surface area contributed by atoms with Gasteiger partial charge in [0, 0.05) is 25.8 Å². The average Bonchev–Trinajstić information content (AvgIpc) is 2.91. The minimum Gasteiger partial charge on any atom is -0.376 e. The van der Waals surface area contributed by atoms with Gasteiger partial charge in [-0.15, -0.1) is 0 Å². The van der Waals surface area contributed by atoms with Crippen LogP contribution in [0.1, 0.15) is 30.1 Å². The highest BCUT2D eigenvalue weighted by Gasteiger charge is 2.18. The number of nitrogens with one attached hydrogen (secondary N) is 2. The average molecular weight is 297 g/mol. The quantitative estimate of drug-likeness (QED) is 0.895. The van der Waals surface area contributed by atoms with Gasteiger partial charge in [0.1, 0.15) is 0 Å². The first-order valence-electron chi connectivity index (χ1n) is 6.53. The van der Waals surface area contributed by atoms with E-state index in [1.54, 1.807) is 18.2 Å². The van der Waals surface area contributed by atoms with Crippen LogP contribution in [-0.4, -0.2) is 31.1 Å². The summed E-state index contributed by atoms with van der Waals surface area (Å²) in [6, 6.07) is 4.81. The molecule has 6 heteroatoms. The summed E-state index contributed by atoms with van der Waals surface area (Å²) >= 11 is 6.02. The van der Waals surface area contributed by atoms with E-state index in [1.807, 2.05) is 0 Å². The van der Waals surface area contributed by atoms with Crippen LogP contribution in [0.15, 0.2) is 18.2 Å². The number of hydrogen-bond donors (Lipinski definition) is 2. The van der Waals surface area contributed by atoms with Gasteiger partial charge in [-0.3, -0.25) is 9.59 Å². The Hall–Kier alpha value is -1.59. The highest BCUT2D eigenvalue weighted by molar-refractivity contribution is 6.34. The maximum Gasteiger partial charge on any atom is 0.252 e. The molecule has 0 saturated carbocycles. The number of carbonyl (C=O) groups is 2. The minimum atomic E-state index is -0.266. The number of anilines is 1. The van der Waals surface area contributed by atoms with E-state index in [0.29, 0.717) is 22.8 Å². The van der Waals surface area contributed by atoms with Crippen molar-refractivity contribution >= 4 is 29.1 Å². The van der Waals surface area contributed by atoms with Crippen LogP contribution in [0.4, 0.5) is 5.69 Å². The van der Waals surface area contributed by atoms with Crippen molar-refractivity contribution < 1.29 is 14.3 Å². The van der Waals surface area contributed by atoms with E-state index in [2.05, 4.69) is 10.6 Å². The van der Waals surface area contributed by atoms with Gasteiger partial charge in [-0.25, -0.2) is 0 Å². The molecule has 0 radical (unpaired) electrons. The molecule has 0 spiro atoms. The van der Waals surface area contributed by atoms with Crippen LogP contribution >= 0.6 is 11.6 Å². The van der Waals surface area contributed by atoms with Crippen LogP contribution in [-0.2, 0) is 9.53 Å². The molecule has 2 N–H and O–H groups in total. The Kier molecular flexibility index (Phi) is 4.98. The molecule has 1 saturated heterocycles. The molecule has 0 bridgehead atoms. The second-order valence-electron chi connectivity index (χ2n) is 4.72. The van der Waals surface area contributed by atoms with Crippen molar-refractivity contribution in [2.45, 2.75) is 25.9 Å². The van der Waals surface area contributed by atoms with E-state index >= 15 is 0 Å². The summed E-state index contributed by atoms with van der Waals surface area (Å²) in [6.07, 6.45) is 2.07. The van der Waals surface area contributed by atoms with Crippen LogP contribution in [0.5, 0.6) is 0 Å². The van der Waals surface area contributed by atoms with Crippen molar-refractivity contribution in [3.8, 4) is 0 Å². The van der Waals surface area contributed by atoms with Crippen LogP contribution in [0.25, 0.3) is 0 Å². The van der Waals surface area contributed by atoms with Gasteiger partial charge < -0.3 is 15.4 Å². The summed E-state index contributed by atoms with van der Waals surface area (Å²) in [7, 11) is 0. The zero-order valence-corrected chi connectivity index (χ0v) is 12.0. The predicted octanol–water partition coefficient (Wildman–Crippen LogP) is 2.21. The third-order valence-corrected chi connectivity index (χ3v) is 3.38. The molecule has 1 aliphatic heterocycles. The Morgan fingerprint density at radius 1 is 1.45 bits per heavy atom. The lowest BCUT2D eigenvalue weighted by Gasteiger charge is -2.12. The summed E-state index contributed by atoms with van der Waals surface area (Å²) in [5, 5.41) is 5.77. The fourth-order valence-corrected chi connectivity index (χ4v) is 2.29. The highest BCUT2D eigenvalue weighted by Crippen LogP contribution is 2.21. The Labute approximate surface area is 122 Å². The normalized spacial score (nSPS) is 17.8. The van der Waals surface area contributed by atoms with Gasteiger partial charge in [0.2, 0.25) is 5.91 Å². The fraction of sp³-hybridized carbons (Fsp3) is 0.429. The molecular formula is C14H17ClN2O3. The molecule has 1 aliphatic rings. The van der Waals surface area contributed by atoms with Crippen LogP contribution in [0.2, 0.25) is 5.02 Å². The Morgan fingerprint density at radius 3 is 2.90 bits per heavy atom. The first kappa shape index (κ1) is 14.8. The molecule has 0 aromatic heterocycles. The molecule has 0 unspecified atom stereocenters. The van der Waals surface area contributed by atoms with Crippen LogP contribution < -0.4 is 10.6 Å².